The molecule has 28 rings (SSSR count). The highest BCUT2D eigenvalue weighted by molar-refractivity contribution is 6.27. The minimum atomic E-state index is 0.861. The highest BCUT2D eigenvalue weighted by atomic mass is 16.3. The SMILES string of the molecule is c1ccc(-c2cc(-c3ccccc3)nc(-c3c4ccccc4c(-c4ccc5oc6c7ccccc7ccc6c5c4)c4ccccc34)c2)cc1.c1ccc(-c2ccc(-c3c4ccccc4c(-c4ccc5oc6c7ccccc7ccc6c5c4)c4ccccc34)cn2)nc1.c1ccc(-c2cccc(-c3c4ccccc4c(-c4ccc5oc6c7ccccc7ccc6c5c4)c4ccccc34)n2)nc1. The number of fused-ring (bicyclic) bond motifs is 21. The zero-order valence-electron chi connectivity index (χ0n) is 72.9. The highest BCUT2D eigenvalue weighted by Gasteiger charge is 2.26. The first-order valence-electron chi connectivity index (χ1n) is 45.7. The molecule has 0 saturated carbocycles. The van der Waals surface area contributed by atoms with E-state index in [2.05, 4.69) is 416 Å². The average Bonchev–Trinajstić information content (AvgIpc) is 1.71. The van der Waals surface area contributed by atoms with Crippen LogP contribution in [0.4, 0.5) is 0 Å². The van der Waals surface area contributed by atoms with E-state index in [1.54, 1.807) is 6.20 Å². The smallest absolute Gasteiger partial charge is 0.143 e. The van der Waals surface area contributed by atoms with Crippen LogP contribution in [-0.2, 0) is 0 Å². The van der Waals surface area contributed by atoms with Crippen molar-refractivity contribution in [2.45, 2.75) is 0 Å². The van der Waals surface area contributed by atoms with Gasteiger partial charge in [-0.25, -0.2) is 9.97 Å². The van der Waals surface area contributed by atoms with Crippen LogP contribution in [0.5, 0.6) is 0 Å². The van der Waals surface area contributed by atoms with Gasteiger partial charge >= 0.3 is 0 Å². The molecule has 0 unspecified atom stereocenters. The maximum Gasteiger partial charge on any atom is 0.143 e. The van der Waals surface area contributed by atoms with Gasteiger partial charge in [-0.15, -0.1) is 0 Å². The maximum atomic E-state index is 6.50. The molecule has 0 bridgehead atoms. The summed E-state index contributed by atoms with van der Waals surface area (Å²) in [5.41, 5.74) is 27.0. The molecule has 8 heterocycles. The molecule has 0 amide bonds. The van der Waals surface area contributed by atoms with E-state index in [-0.39, 0.29) is 0 Å². The van der Waals surface area contributed by atoms with Gasteiger partial charge in [-0.1, -0.05) is 340 Å². The van der Waals surface area contributed by atoms with Crippen LogP contribution in [0, 0.1) is 0 Å². The molecule has 0 saturated heterocycles. The molecule has 0 fully saturated rings. The van der Waals surface area contributed by atoms with Gasteiger partial charge in [-0.3, -0.25) is 15.0 Å². The Morgan fingerprint density at radius 2 is 0.437 bits per heavy atom. The zero-order valence-corrected chi connectivity index (χ0v) is 72.9. The first-order valence-corrected chi connectivity index (χ1v) is 45.7. The third-order valence-electron chi connectivity index (χ3n) is 26.9. The number of pyridine rings is 5. The summed E-state index contributed by atoms with van der Waals surface area (Å²) in [6, 6.07) is 158. The number of nitrogens with zero attached hydrogens (tertiary/aromatic N) is 5. The largest absolute Gasteiger partial charge is 0.455 e. The van der Waals surface area contributed by atoms with Crippen LogP contribution in [0.1, 0.15) is 0 Å². The van der Waals surface area contributed by atoms with Gasteiger partial charge in [0.2, 0.25) is 0 Å². The Morgan fingerprint density at radius 3 is 0.815 bits per heavy atom. The molecule has 0 spiro atoms. The molecular formula is C127H77N5O3. The minimum Gasteiger partial charge on any atom is -0.455 e. The second-order valence-electron chi connectivity index (χ2n) is 34.6. The minimum absolute atomic E-state index is 0.861. The molecule has 20 aromatic carbocycles. The second kappa shape index (κ2) is 32.5. The van der Waals surface area contributed by atoms with E-state index in [0.717, 1.165) is 155 Å². The van der Waals surface area contributed by atoms with E-state index in [1.807, 2.05) is 54.9 Å². The van der Waals surface area contributed by atoms with Crippen LogP contribution in [0.2, 0.25) is 0 Å². The van der Waals surface area contributed by atoms with Crippen LogP contribution in [-0.4, -0.2) is 24.9 Å². The van der Waals surface area contributed by atoms with Gasteiger partial charge in [0.15, 0.2) is 0 Å². The molecule has 8 heteroatoms. The Hall–Kier alpha value is -18.1. The monoisotopic (exact) mass is 1720 g/mol. The molecule has 0 atom stereocenters. The Balaban J connectivity index is 0.000000106. The molecule has 8 nitrogen and oxygen atoms in total. The molecule has 0 N–H and O–H groups in total. The van der Waals surface area contributed by atoms with Gasteiger partial charge in [0.1, 0.15) is 33.5 Å². The van der Waals surface area contributed by atoms with Gasteiger partial charge in [0, 0.05) is 89.3 Å². The fourth-order valence-corrected chi connectivity index (χ4v) is 20.8. The lowest BCUT2D eigenvalue weighted by Gasteiger charge is -2.18. The summed E-state index contributed by atoms with van der Waals surface area (Å²) in [6.07, 6.45) is 5.59. The summed E-state index contributed by atoms with van der Waals surface area (Å²) in [6.45, 7) is 0. The number of aromatic nitrogens is 5. The van der Waals surface area contributed by atoms with Gasteiger partial charge in [-0.05, 0) is 240 Å². The van der Waals surface area contributed by atoms with E-state index < -0.39 is 0 Å². The Morgan fingerprint density at radius 1 is 0.141 bits per heavy atom. The third-order valence-corrected chi connectivity index (χ3v) is 26.9. The quantitative estimate of drug-likeness (QED) is 0.125. The van der Waals surface area contributed by atoms with E-state index in [0.29, 0.717) is 0 Å². The molecule has 28 aromatic rings. The first kappa shape index (κ1) is 78.0. The van der Waals surface area contributed by atoms with E-state index >= 15 is 0 Å². The van der Waals surface area contributed by atoms with Crippen molar-refractivity contribution in [2.24, 2.45) is 0 Å². The number of rotatable bonds is 10. The average molecular weight is 1720 g/mol. The summed E-state index contributed by atoms with van der Waals surface area (Å²) in [4.78, 5) is 24.4. The summed E-state index contributed by atoms with van der Waals surface area (Å²) in [5, 5.41) is 28.1. The van der Waals surface area contributed by atoms with Crippen LogP contribution in [0.15, 0.2) is 481 Å². The maximum absolute atomic E-state index is 6.50. The second-order valence-corrected chi connectivity index (χ2v) is 34.6. The lowest BCUT2D eigenvalue weighted by Crippen LogP contribution is -1.95. The predicted molar refractivity (Wildman–Crippen MR) is 562 cm³/mol. The molecule has 0 aliphatic carbocycles. The normalized spacial score (nSPS) is 11.7. The summed E-state index contributed by atoms with van der Waals surface area (Å²) >= 11 is 0. The van der Waals surface area contributed by atoms with Crippen LogP contribution in [0.25, 0.3) is 275 Å². The molecule has 0 radical (unpaired) electrons. The molecule has 0 aliphatic rings. The molecule has 628 valence electrons. The fraction of sp³-hybridized carbons (Fsp3) is 0. The van der Waals surface area contributed by atoms with Crippen molar-refractivity contribution >= 4 is 163 Å². The topological polar surface area (TPSA) is 104 Å². The molecule has 0 aliphatic heterocycles. The van der Waals surface area contributed by atoms with Crippen molar-refractivity contribution in [3.05, 3.63) is 468 Å². The lowest BCUT2D eigenvalue weighted by atomic mass is 9.86. The Kier molecular flexibility index (Phi) is 18.8. The number of benzene rings is 20. The first-order chi connectivity index (χ1) is 67.0. The van der Waals surface area contributed by atoms with Crippen molar-refractivity contribution in [1.82, 2.24) is 24.9 Å². The predicted octanol–water partition coefficient (Wildman–Crippen LogP) is 34.8. The van der Waals surface area contributed by atoms with E-state index in [1.165, 1.54) is 120 Å². The Labute approximate surface area is 775 Å². The van der Waals surface area contributed by atoms with Crippen molar-refractivity contribution in [3.63, 3.8) is 0 Å². The van der Waals surface area contributed by atoms with E-state index in [4.69, 9.17) is 28.2 Å². The van der Waals surface area contributed by atoms with Crippen LogP contribution in [0.3, 0.4) is 0 Å². The molecule has 8 aromatic heterocycles. The van der Waals surface area contributed by atoms with Crippen molar-refractivity contribution in [3.8, 4) is 112 Å². The van der Waals surface area contributed by atoms with Crippen molar-refractivity contribution in [1.29, 1.82) is 0 Å². The van der Waals surface area contributed by atoms with Crippen LogP contribution >= 0.6 is 0 Å². The Bertz CT molecular complexity index is 9400. The van der Waals surface area contributed by atoms with Gasteiger partial charge < -0.3 is 13.3 Å². The highest BCUT2D eigenvalue weighted by Crippen LogP contribution is 2.51. The summed E-state index contributed by atoms with van der Waals surface area (Å²) in [7, 11) is 0. The van der Waals surface area contributed by atoms with Crippen LogP contribution < -0.4 is 0 Å². The zero-order chi connectivity index (χ0) is 89.0. The van der Waals surface area contributed by atoms with Gasteiger partial charge in [-0.2, -0.15) is 0 Å². The lowest BCUT2D eigenvalue weighted by molar-refractivity contribution is 0.672. The molecule has 135 heavy (non-hydrogen) atoms. The summed E-state index contributed by atoms with van der Waals surface area (Å²) < 4.78 is 19.4. The van der Waals surface area contributed by atoms with Crippen molar-refractivity contribution < 1.29 is 13.3 Å². The van der Waals surface area contributed by atoms with Gasteiger partial charge in [0.05, 0.1) is 39.9 Å². The standard InChI is InChI=1S/C47H29NO.2C40H24N2O/c1-3-13-30(14-4-1)34-28-42(32-16-5-2-6-17-32)48-43(29-34)46-38-21-11-9-19-36(38)45(37-20-10-12-22-39(37)46)33-24-26-44-41(27-33)40-25-23-31-15-7-8-18-35(31)47(40)49-44;1-2-11-27-25(10-1)19-21-32-33-24-26(20-22-37(33)43-40(27)32)38-28-12-3-5-14-30(28)39(31-15-6-4-13-29(31)38)36-18-9-17-35(42-36)34-16-7-8-23-41-34;1-2-10-28-25(9-1)16-19-33-34-23-26(18-21-37(34)43-40(28)33)38-29-11-3-5-13-31(29)39(32-14-6-4-12-30(32)38)27-17-20-36(42-24-27)35-15-7-8-22-41-35/h1-29H;2*1-24H. The van der Waals surface area contributed by atoms with Gasteiger partial charge in [0.25, 0.3) is 0 Å². The number of hydrogen-bond acceptors (Lipinski definition) is 8. The summed E-state index contributed by atoms with van der Waals surface area (Å²) in [5.74, 6) is 0. The number of hydrogen-bond donors (Lipinski definition) is 0. The molecular weight excluding hydrogens is 1640 g/mol. The number of furan rings is 3. The fourth-order valence-electron chi connectivity index (χ4n) is 20.8. The van der Waals surface area contributed by atoms with Crippen molar-refractivity contribution in [2.75, 3.05) is 0 Å². The third kappa shape index (κ3) is 13.4. The van der Waals surface area contributed by atoms with E-state index in [9.17, 15) is 0 Å².